The Kier molecular flexibility index (Phi) is 6.64. The zero-order valence-corrected chi connectivity index (χ0v) is 18.4. The first-order valence-corrected chi connectivity index (χ1v) is 10.5. The number of hydrogen-bond donors (Lipinski definition) is 1. The first kappa shape index (κ1) is 22.0. The number of hydrogen-bond acceptors (Lipinski definition) is 6. The maximum Gasteiger partial charge on any atom is 0.337 e. The predicted octanol–water partition coefficient (Wildman–Crippen LogP) is 3.85. The van der Waals surface area contributed by atoms with Gasteiger partial charge >= 0.3 is 5.97 Å². The summed E-state index contributed by atoms with van der Waals surface area (Å²) in [5.74, 6) is 1.02. The molecule has 33 heavy (non-hydrogen) atoms. The van der Waals surface area contributed by atoms with Crippen molar-refractivity contribution < 1.29 is 19.1 Å². The third kappa shape index (κ3) is 5.17. The number of nitrogens with one attached hydrogen (secondary N) is 1. The van der Waals surface area contributed by atoms with Crippen LogP contribution in [0.15, 0.2) is 66.9 Å². The normalized spacial score (nSPS) is 10.7. The van der Waals surface area contributed by atoms with E-state index in [0.717, 1.165) is 28.3 Å². The van der Waals surface area contributed by atoms with Gasteiger partial charge in [0, 0.05) is 24.7 Å². The number of anilines is 1. The number of benzene rings is 2. The van der Waals surface area contributed by atoms with Crippen LogP contribution in [0.25, 0.3) is 11.2 Å². The van der Waals surface area contributed by atoms with E-state index in [1.165, 1.54) is 7.11 Å². The van der Waals surface area contributed by atoms with E-state index in [2.05, 4.69) is 15.0 Å². The number of rotatable bonds is 8. The van der Waals surface area contributed by atoms with Crippen molar-refractivity contribution in [3.05, 3.63) is 83.8 Å². The quantitative estimate of drug-likeness (QED) is 0.415. The predicted molar refractivity (Wildman–Crippen MR) is 124 cm³/mol. The van der Waals surface area contributed by atoms with Crippen molar-refractivity contribution in [1.29, 1.82) is 0 Å². The molecule has 1 N–H and O–H groups in total. The van der Waals surface area contributed by atoms with Crippen LogP contribution in [-0.4, -0.2) is 40.6 Å². The molecule has 2 heterocycles. The molecule has 168 valence electrons. The van der Waals surface area contributed by atoms with E-state index in [0.29, 0.717) is 24.2 Å². The minimum atomic E-state index is -0.419. The van der Waals surface area contributed by atoms with E-state index in [1.54, 1.807) is 37.6 Å². The summed E-state index contributed by atoms with van der Waals surface area (Å²) in [4.78, 5) is 33.3. The van der Waals surface area contributed by atoms with Crippen LogP contribution < -0.4 is 10.1 Å². The van der Waals surface area contributed by atoms with Gasteiger partial charge in [0.15, 0.2) is 5.65 Å². The van der Waals surface area contributed by atoms with Crippen LogP contribution in [0.4, 0.5) is 5.69 Å². The van der Waals surface area contributed by atoms with Gasteiger partial charge < -0.3 is 19.4 Å². The second kappa shape index (κ2) is 9.95. The molecule has 0 fully saturated rings. The van der Waals surface area contributed by atoms with Crippen molar-refractivity contribution in [3.8, 4) is 5.75 Å². The van der Waals surface area contributed by atoms with Crippen LogP contribution in [-0.2, 0) is 22.5 Å². The lowest BCUT2D eigenvalue weighted by molar-refractivity contribution is -0.116. The van der Waals surface area contributed by atoms with Crippen molar-refractivity contribution in [1.82, 2.24) is 14.5 Å². The van der Waals surface area contributed by atoms with Crippen LogP contribution in [0, 0.1) is 0 Å². The molecule has 4 aromatic rings. The summed E-state index contributed by atoms with van der Waals surface area (Å²) in [5.41, 5.74) is 3.69. The monoisotopic (exact) mass is 444 g/mol. The second-order valence-corrected chi connectivity index (χ2v) is 7.43. The van der Waals surface area contributed by atoms with Crippen molar-refractivity contribution in [2.45, 2.75) is 19.4 Å². The highest BCUT2D eigenvalue weighted by atomic mass is 16.5. The van der Waals surface area contributed by atoms with Gasteiger partial charge in [0.05, 0.1) is 26.3 Å². The molecule has 0 saturated carbocycles. The van der Waals surface area contributed by atoms with Gasteiger partial charge in [-0.1, -0.05) is 12.1 Å². The third-order valence-electron chi connectivity index (χ3n) is 5.25. The zero-order chi connectivity index (χ0) is 23.2. The summed E-state index contributed by atoms with van der Waals surface area (Å²) in [7, 11) is 2.97. The Morgan fingerprint density at radius 3 is 2.45 bits per heavy atom. The van der Waals surface area contributed by atoms with Crippen LogP contribution in [0.3, 0.4) is 0 Å². The molecule has 0 radical (unpaired) electrons. The lowest BCUT2D eigenvalue weighted by atomic mass is 10.2. The average molecular weight is 444 g/mol. The molecule has 8 heteroatoms. The number of imidazole rings is 1. The molecule has 0 aliphatic rings. The van der Waals surface area contributed by atoms with Gasteiger partial charge in [0.25, 0.3) is 0 Å². The number of carbonyl (C=O) groups is 2. The number of carbonyl (C=O) groups excluding carboxylic acids is 2. The largest absolute Gasteiger partial charge is 0.497 e. The Morgan fingerprint density at radius 1 is 1.00 bits per heavy atom. The van der Waals surface area contributed by atoms with Crippen LogP contribution in [0.5, 0.6) is 5.75 Å². The summed E-state index contributed by atoms with van der Waals surface area (Å²) >= 11 is 0. The Morgan fingerprint density at radius 2 is 1.76 bits per heavy atom. The molecule has 2 aromatic heterocycles. The lowest BCUT2D eigenvalue weighted by Gasteiger charge is -2.10. The molecule has 1 amide bonds. The van der Waals surface area contributed by atoms with Crippen molar-refractivity contribution in [2.24, 2.45) is 0 Å². The van der Waals surface area contributed by atoms with Crippen molar-refractivity contribution in [3.63, 3.8) is 0 Å². The summed E-state index contributed by atoms with van der Waals surface area (Å²) in [6.07, 6.45) is 2.45. The Bertz CT molecular complexity index is 1260. The standard InChI is InChI=1S/C25H24N4O4/c1-32-20-11-5-17(6-12-20)16-29-22(28-21-4-3-15-26-24(21)29)13-14-23(30)27-19-9-7-18(8-10-19)25(31)33-2/h3-12,15H,13-14,16H2,1-2H3,(H,27,30). The molecule has 0 spiro atoms. The molecule has 4 rings (SSSR count). The van der Waals surface area contributed by atoms with Gasteiger partial charge in [-0.15, -0.1) is 0 Å². The first-order valence-electron chi connectivity index (χ1n) is 10.5. The molecular formula is C25H24N4O4. The third-order valence-corrected chi connectivity index (χ3v) is 5.25. The summed E-state index contributed by atoms with van der Waals surface area (Å²) in [6, 6.07) is 18.2. The smallest absolute Gasteiger partial charge is 0.337 e. The fraction of sp³-hybridized carbons (Fsp3) is 0.200. The number of amides is 1. The van der Waals surface area contributed by atoms with Crippen LogP contribution in [0.1, 0.15) is 28.2 Å². The molecule has 0 aliphatic heterocycles. The van der Waals surface area contributed by atoms with Gasteiger partial charge in [-0.05, 0) is 54.1 Å². The average Bonchev–Trinajstić information content (AvgIpc) is 3.20. The van der Waals surface area contributed by atoms with Gasteiger partial charge in [-0.2, -0.15) is 0 Å². The molecule has 0 aliphatic carbocycles. The molecular weight excluding hydrogens is 420 g/mol. The molecule has 8 nitrogen and oxygen atoms in total. The number of fused-ring (bicyclic) bond motifs is 1. The number of nitrogens with zero attached hydrogens (tertiary/aromatic N) is 3. The van der Waals surface area contributed by atoms with Crippen molar-refractivity contribution in [2.75, 3.05) is 19.5 Å². The highest BCUT2D eigenvalue weighted by Gasteiger charge is 2.14. The van der Waals surface area contributed by atoms with E-state index in [4.69, 9.17) is 9.72 Å². The molecule has 0 unspecified atom stereocenters. The highest BCUT2D eigenvalue weighted by molar-refractivity contribution is 5.93. The number of aromatic nitrogens is 3. The maximum absolute atomic E-state index is 12.5. The fourth-order valence-corrected chi connectivity index (χ4v) is 3.53. The molecule has 0 bridgehead atoms. The highest BCUT2D eigenvalue weighted by Crippen LogP contribution is 2.19. The Hall–Kier alpha value is -4.20. The number of esters is 1. The van der Waals surface area contributed by atoms with Gasteiger partial charge in [0.1, 0.15) is 17.1 Å². The summed E-state index contributed by atoms with van der Waals surface area (Å²) < 4.78 is 12.0. The number of methoxy groups -OCH3 is 2. The van der Waals surface area contributed by atoms with Gasteiger partial charge in [0.2, 0.25) is 5.91 Å². The summed E-state index contributed by atoms with van der Waals surface area (Å²) in [5, 5.41) is 2.85. The minimum absolute atomic E-state index is 0.142. The number of ether oxygens (including phenoxy) is 2. The SMILES string of the molecule is COC(=O)c1ccc(NC(=O)CCc2nc3cccnc3n2Cc2ccc(OC)cc2)cc1. The Labute approximate surface area is 191 Å². The van der Waals surface area contributed by atoms with Gasteiger partial charge in [-0.25, -0.2) is 14.8 Å². The molecule has 0 atom stereocenters. The Balaban J connectivity index is 1.47. The first-order chi connectivity index (χ1) is 16.1. The van der Waals surface area contributed by atoms with E-state index >= 15 is 0 Å². The van der Waals surface area contributed by atoms with E-state index in [9.17, 15) is 9.59 Å². The van der Waals surface area contributed by atoms with E-state index in [1.807, 2.05) is 41.0 Å². The molecule has 2 aromatic carbocycles. The molecule has 0 saturated heterocycles. The maximum atomic E-state index is 12.5. The second-order valence-electron chi connectivity index (χ2n) is 7.43. The van der Waals surface area contributed by atoms with Crippen molar-refractivity contribution >= 4 is 28.7 Å². The minimum Gasteiger partial charge on any atom is -0.497 e. The van der Waals surface area contributed by atoms with Crippen LogP contribution in [0.2, 0.25) is 0 Å². The number of pyridine rings is 1. The topological polar surface area (TPSA) is 95.3 Å². The zero-order valence-electron chi connectivity index (χ0n) is 18.4. The van der Waals surface area contributed by atoms with Gasteiger partial charge in [-0.3, -0.25) is 4.79 Å². The summed E-state index contributed by atoms with van der Waals surface area (Å²) in [6.45, 7) is 0.587. The van der Waals surface area contributed by atoms with E-state index in [-0.39, 0.29) is 12.3 Å². The fourth-order valence-electron chi connectivity index (χ4n) is 3.53. The lowest BCUT2D eigenvalue weighted by Crippen LogP contribution is -2.14. The number of aryl methyl sites for hydroxylation is 1. The van der Waals surface area contributed by atoms with E-state index < -0.39 is 5.97 Å². The van der Waals surface area contributed by atoms with Crippen LogP contribution >= 0.6 is 0 Å².